The van der Waals surface area contributed by atoms with Gasteiger partial charge in [0.1, 0.15) is 0 Å². The van der Waals surface area contributed by atoms with E-state index < -0.39 is 12.1 Å². The SMILES string of the molecule is CC/C=C\C/C=C\C/C=C\C/C=C\C/C=C\C/C=C\CCCCCCCCCCCCC(=O)NC(CO)C(O)CCCCCCCCCCCCC. The Labute approximate surface area is 323 Å². The normalized spacial score (nSPS) is 13.7. The fraction of sp³-hybridized carbons (Fsp3) is 0.729. The number of rotatable bonds is 39. The van der Waals surface area contributed by atoms with E-state index in [0.717, 1.165) is 64.2 Å². The van der Waals surface area contributed by atoms with Crippen LogP contribution in [0.4, 0.5) is 0 Å². The van der Waals surface area contributed by atoms with Crippen molar-refractivity contribution >= 4 is 5.91 Å². The average Bonchev–Trinajstić information content (AvgIpc) is 3.15. The molecule has 0 aromatic rings. The Balaban J connectivity index is 3.55. The zero-order valence-corrected chi connectivity index (χ0v) is 34.3. The summed E-state index contributed by atoms with van der Waals surface area (Å²) in [6, 6.07) is -0.541. The summed E-state index contributed by atoms with van der Waals surface area (Å²) in [4.78, 5) is 12.4. The van der Waals surface area contributed by atoms with Crippen LogP contribution in [-0.4, -0.2) is 34.9 Å². The molecule has 0 aromatic heterocycles. The molecule has 4 heteroatoms. The molecule has 0 heterocycles. The van der Waals surface area contributed by atoms with Gasteiger partial charge < -0.3 is 15.5 Å². The summed E-state index contributed by atoms with van der Waals surface area (Å²) in [6.07, 6.45) is 61.2. The van der Waals surface area contributed by atoms with E-state index in [4.69, 9.17) is 0 Å². The van der Waals surface area contributed by atoms with Gasteiger partial charge in [-0.2, -0.15) is 0 Å². The summed E-state index contributed by atoms with van der Waals surface area (Å²) in [6.45, 7) is 4.22. The van der Waals surface area contributed by atoms with Crippen LogP contribution in [-0.2, 0) is 4.79 Å². The maximum atomic E-state index is 12.4. The van der Waals surface area contributed by atoms with Gasteiger partial charge in [0.2, 0.25) is 5.91 Å². The number of nitrogens with one attached hydrogen (secondary N) is 1. The summed E-state index contributed by atoms with van der Waals surface area (Å²) in [5.74, 6) is -0.0407. The molecular weight excluding hydrogens is 639 g/mol. The van der Waals surface area contributed by atoms with Gasteiger partial charge >= 0.3 is 0 Å². The molecule has 0 aliphatic carbocycles. The molecule has 4 nitrogen and oxygen atoms in total. The summed E-state index contributed by atoms with van der Waals surface area (Å²) in [7, 11) is 0. The van der Waals surface area contributed by atoms with Gasteiger partial charge in [0.25, 0.3) is 0 Å². The molecule has 0 rings (SSSR count). The highest BCUT2D eigenvalue weighted by Crippen LogP contribution is 2.15. The number of unbranched alkanes of at least 4 members (excludes halogenated alkanes) is 20. The Morgan fingerprint density at radius 2 is 0.846 bits per heavy atom. The second-order valence-corrected chi connectivity index (χ2v) is 14.7. The number of amides is 1. The first-order chi connectivity index (χ1) is 25.7. The van der Waals surface area contributed by atoms with Crippen molar-refractivity contribution in [3.63, 3.8) is 0 Å². The van der Waals surface area contributed by atoms with Gasteiger partial charge in [0.15, 0.2) is 0 Å². The highest BCUT2D eigenvalue weighted by atomic mass is 16.3. The van der Waals surface area contributed by atoms with E-state index in [1.165, 1.54) is 116 Å². The second-order valence-electron chi connectivity index (χ2n) is 14.7. The van der Waals surface area contributed by atoms with E-state index >= 15 is 0 Å². The molecule has 0 saturated carbocycles. The van der Waals surface area contributed by atoms with Crippen molar-refractivity contribution in [1.29, 1.82) is 0 Å². The Morgan fingerprint density at radius 1 is 0.481 bits per heavy atom. The van der Waals surface area contributed by atoms with Crippen LogP contribution in [0.25, 0.3) is 0 Å². The minimum atomic E-state index is -0.663. The number of carbonyl (C=O) groups excluding carboxylic acids is 1. The molecule has 2 atom stereocenters. The van der Waals surface area contributed by atoms with Gasteiger partial charge in [-0.25, -0.2) is 0 Å². The molecule has 1 amide bonds. The highest BCUT2D eigenvalue weighted by molar-refractivity contribution is 5.76. The quantitative estimate of drug-likeness (QED) is 0.0437. The van der Waals surface area contributed by atoms with Gasteiger partial charge in [0, 0.05) is 6.42 Å². The summed E-state index contributed by atoms with van der Waals surface area (Å²) in [5, 5.41) is 23.1. The Morgan fingerprint density at radius 3 is 1.27 bits per heavy atom. The lowest BCUT2D eigenvalue weighted by atomic mass is 10.0. The van der Waals surface area contributed by atoms with Crippen LogP contribution in [0.1, 0.15) is 206 Å². The van der Waals surface area contributed by atoms with Gasteiger partial charge in [-0.3, -0.25) is 4.79 Å². The highest BCUT2D eigenvalue weighted by Gasteiger charge is 2.19. The average molecular weight is 724 g/mol. The molecule has 2 unspecified atom stereocenters. The Hall–Kier alpha value is -2.17. The number of hydrogen-bond acceptors (Lipinski definition) is 3. The molecule has 0 bridgehead atoms. The molecule has 0 aromatic carbocycles. The molecule has 0 aliphatic rings. The number of hydrogen-bond donors (Lipinski definition) is 3. The number of allylic oxidation sites excluding steroid dienone is 12. The predicted octanol–water partition coefficient (Wildman–Crippen LogP) is 13.9. The Kier molecular flexibility index (Phi) is 41.4. The van der Waals surface area contributed by atoms with E-state index in [9.17, 15) is 15.0 Å². The maximum absolute atomic E-state index is 12.4. The van der Waals surface area contributed by atoms with E-state index in [1.54, 1.807) is 0 Å². The Bertz CT molecular complexity index is 915. The van der Waals surface area contributed by atoms with Crippen LogP contribution < -0.4 is 5.32 Å². The number of carbonyl (C=O) groups is 1. The first kappa shape index (κ1) is 49.8. The molecule has 52 heavy (non-hydrogen) atoms. The van der Waals surface area contributed by atoms with E-state index in [-0.39, 0.29) is 12.5 Å². The van der Waals surface area contributed by atoms with Crippen molar-refractivity contribution in [2.45, 2.75) is 219 Å². The molecule has 300 valence electrons. The predicted molar refractivity (Wildman–Crippen MR) is 230 cm³/mol. The number of aliphatic hydroxyl groups excluding tert-OH is 2. The molecule has 0 fully saturated rings. The third-order valence-corrected chi connectivity index (χ3v) is 9.73. The van der Waals surface area contributed by atoms with Crippen LogP contribution >= 0.6 is 0 Å². The summed E-state index contributed by atoms with van der Waals surface area (Å²) < 4.78 is 0. The fourth-order valence-electron chi connectivity index (χ4n) is 6.36. The molecule has 0 aliphatic heterocycles. The zero-order valence-electron chi connectivity index (χ0n) is 34.3. The van der Waals surface area contributed by atoms with Crippen molar-refractivity contribution in [2.75, 3.05) is 6.61 Å². The first-order valence-corrected chi connectivity index (χ1v) is 22.1. The molecule has 0 spiro atoms. The molecule has 0 saturated heterocycles. The standard InChI is InChI=1S/C48H85NO3/c1-3-5-7-9-11-13-15-16-17-18-19-20-21-22-23-24-25-26-27-28-29-30-31-32-34-36-38-40-42-44-48(52)49-46(45-50)47(51)43-41-39-37-35-33-14-12-10-8-6-4-2/h5,7,11,13,16-17,19-20,22-23,25-26,46-47,50-51H,3-4,6,8-10,12,14-15,18,21,24,27-45H2,1-2H3,(H,49,52)/b7-5-,13-11-,17-16-,20-19-,23-22-,26-25-. The topological polar surface area (TPSA) is 69.6 Å². The van der Waals surface area contributed by atoms with Crippen LogP contribution in [0.5, 0.6) is 0 Å². The molecular formula is C48H85NO3. The fourth-order valence-corrected chi connectivity index (χ4v) is 6.36. The first-order valence-electron chi connectivity index (χ1n) is 22.1. The monoisotopic (exact) mass is 724 g/mol. The molecule has 3 N–H and O–H groups in total. The zero-order chi connectivity index (χ0) is 37.8. The lowest BCUT2D eigenvalue weighted by Crippen LogP contribution is -2.45. The van der Waals surface area contributed by atoms with Crippen molar-refractivity contribution in [3.05, 3.63) is 72.9 Å². The van der Waals surface area contributed by atoms with Crippen molar-refractivity contribution < 1.29 is 15.0 Å². The summed E-state index contributed by atoms with van der Waals surface area (Å²) >= 11 is 0. The summed E-state index contributed by atoms with van der Waals surface area (Å²) in [5.41, 5.74) is 0. The van der Waals surface area contributed by atoms with Crippen molar-refractivity contribution in [1.82, 2.24) is 5.32 Å². The van der Waals surface area contributed by atoms with Crippen LogP contribution in [0, 0.1) is 0 Å². The van der Waals surface area contributed by atoms with Gasteiger partial charge in [-0.05, 0) is 64.2 Å². The van der Waals surface area contributed by atoms with E-state index in [1.807, 2.05) is 0 Å². The third-order valence-electron chi connectivity index (χ3n) is 9.73. The largest absolute Gasteiger partial charge is 0.394 e. The third kappa shape index (κ3) is 39.0. The minimum Gasteiger partial charge on any atom is -0.394 e. The van der Waals surface area contributed by atoms with Gasteiger partial charge in [0.05, 0.1) is 18.8 Å². The van der Waals surface area contributed by atoms with Gasteiger partial charge in [-0.1, -0.05) is 209 Å². The van der Waals surface area contributed by atoms with E-state index in [0.29, 0.717) is 12.8 Å². The second kappa shape index (κ2) is 43.2. The van der Waals surface area contributed by atoms with Crippen LogP contribution in [0.15, 0.2) is 72.9 Å². The van der Waals surface area contributed by atoms with Crippen LogP contribution in [0.2, 0.25) is 0 Å². The van der Waals surface area contributed by atoms with Gasteiger partial charge in [-0.15, -0.1) is 0 Å². The lowest BCUT2D eigenvalue weighted by molar-refractivity contribution is -0.123. The number of aliphatic hydroxyl groups is 2. The molecule has 0 radical (unpaired) electrons. The smallest absolute Gasteiger partial charge is 0.220 e. The lowest BCUT2D eigenvalue weighted by Gasteiger charge is -2.22. The van der Waals surface area contributed by atoms with Crippen molar-refractivity contribution in [2.24, 2.45) is 0 Å². The van der Waals surface area contributed by atoms with Crippen LogP contribution in [0.3, 0.4) is 0 Å². The maximum Gasteiger partial charge on any atom is 0.220 e. The van der Waals surface area contributed by atoms with E-state index in [2.05, 4.69) is 92.1 Å². The van der Waals surface area contributed by atoms with Crippen molar-refractivity contribution in [3.8, 4) is 0 Å². The minimum absolute atomic E-state index is 0.0407.